The molecule has 4 aliphatic carbocycles. The molecule has 137 valence electrons. The molecular weight excluding hydrogens is 288 g/mol. The van der Waals surface area contributed by atoms with Crippen molar-refractivity contribution < 1.29 is 0 Å². The smallest absolute Gasteiger partial charge is 0.0174 e. The van der Waals surface area contributed by atoms with Gasteiger partial charge in [-0.2, -0.15) is 0 Å². The molecule has 0 unspecified atom stereocenters. The Morgan fingerprint density at radius 1 is 0.500 bits per heavy atom. The summed E-state index contributed by atoms with van der Waals surface area (Å²) in [5.41, 5.74) is 1.42. The number of hydrogen-bond donors (Lipinski definition) is 0. The van der Waals surface area contributed by atoms with E-state index >= 15 is 0 Å². The van der Waals surface area contributed by atoms with Crippen molar-refractivity contribution in [2.24, 2.45) is 16.7 Å². The van der Waals surface area contributed by atoms with Gasteiger partial charge in [-0.15, -0.1) is 0 Å². The molecule has 0 aromatic carbocycles. The molecule has 1 radical (unpaired) electrons. The van der Waals surface area contributed by atoms with Crippen molar-refractivity contribution in [3.63, 3.8) is 0 Å². The molecule has 0 spiro atoms. The van der Waals surface area contributed by atoms with Crippen molar-refractivity contribution in [1.29, 1.82) is 0 Å². The van der Waals surface area contributed by atoms with E-state index in [1.165, 1.54) is 77.0 Å². The van der Waals surface area contributed by atoms with E-state index in [2.05, 4.69) is 5.92 Å². The summed E-state index contributed by atoms with van der Waals surface area (Å²) in [6.45, 7) is 0. The van der Waals surface area contributed by atoms with Crippen LogP contribution in [0.5, 0.6) is 0 Å². The zero-order valence-corrected chi connectivity index (χ0v) is 16.2. The summed E-state index contributed by atoms with van der Waals surface area (Å²) >= 11 is 0. The SMILES string of the molecule is C1CC[C](C2(C3(C4CCCCC4)CCCCC3)CCCCC2)CC1. The first-order chi connectivity index (χ1) is 11.9. The Balaban J connectivity index is 1.70. The quantitative estimate of drug-likeness (QED) is 0.492. The number of rotatable bonds is 3. The molecule has 0 saturated heterocycles. The summed E-state index contributed by atoms with van der Waals surface area (Å²) in [6.07, 6.45) is 30.9. The van der Waals surface area contributed by atoms with Gasteiger partial charge < -0.3 is 0 Å². The fourth-order valence-corrected chi connectivity index (χ4v) is 7.93. The van der Waals surface area contributed by atoms with Gasteiger partial charge in [0.25, 0.3) is 0 Å². The lowest BCUT2D eigenvalue weighted by atomic mass is 9.42. The predicted octanol–water partition coefficient (Wildman–Crippen LogP) is 8.01. The van der Waals surface area contributed by atoms with E-state index < -0.39 is 0 Å². The van der Waals surface area contributed by atoms with Crippen molar-refractivity contribution in [1.82, 2.24) is 0 Å². The molecule has 0 amide bonds. The molecular formula is C24H41. The first-order valence-electron chi connectivity index (χ1n) is 11.7. The van der Waals surface area contributed by atoms with Crippen LogP contribution in [0.1, 0.15) is 128 Å². The van der Waals surface area contributed by atoms with E-state index in [0.717, 1.165) is 11.3 Å². The van der Waals surface area contributed by atoms with Crippen LogP contribution in [0.2, 0.25) is 0 Å². The lowest BCUT2D eigenvalue weighted by Crippen LogP contribution is -2.53. The molecule has 0 aliphatic heterocycles. The van der Waals surface area contributed by atoms with Crippen LogP contribution in [-0.2, 0) is 0 Å². The van der Waals surface area contributed by atoms with Gasteiger partial charge in [-0.1, -0.05) is 77.0 Å². The summed E-state index contributed by atoms with van der Waals surface area (Å²) in [6, 6.07) is 0. The molecule has 24 heavy (non-hydrogen) atoms. The Bertz CT molecular complexity index is 333. The fourth-order valence-electron chi connectivity index (χ4n) is 7.93. The molecule has 0 N–H and O–H groups in total. The third-order valence-corrected chi connectivity index (χ3v) is 8.93. The molecule has 4 fully saturated rings. The highest BCUT2D eigenvalue weighted by atomic mass is 14.6. The van der Waals surface area contributed by atoms with Crippen LogP contribution in [0.15, 0.2) is 0 Å². The lowest BCUT2D eigenvalue weighted by molar-refractivity contribution is -0.0874. The van der Waals surface area contributed by atoms with E-state index in [-0.39, 0.29) is 0 Å². The Morgan fingerprint density at radius 2 is 1.00 bits per heavy atom. The molecule has 0 atom stereocenters. The van der Waals surface area contributed by atoms with Crippen molar-refractivity contribution in [2.75, 3.05) is 0 Å². The third kappa shape index (κ3) is 2.99. The molecule has 0 heteroatoms. The Morgan fingerprint density at radius 3 is 1.62 bits per heavy atom. The molecule has 4 rings (SSSR count). The van der Waals surface area contributed by atoms with Gasteiger partial charge >= 0.3 is 0 Å². The van der Waals surface area contributed by atoms with E-state index in [9.17, 15) is 0 Å². The molecule has 4 aliphatic rings. The van der Waals surface area contributed by atoms with Crippen LogP contribution in [0.3, 0.4) is 0 Å². The van der Waals surface area contributed by atoms with Gasteiger partial charge in [-0.05, 0) is 74.0 Å². The second kappa shape index (κ2) is 7.71. The summed E-state index contributed by atoms with van der Waals surface area (Å²) in [5.74, 6) is 3.18. The first kappa shape index (κ1) is 17.4. The second-order valence-electron chi connectivity index (χ2n) is 9.86. The zero-order valence-electron chi connectivity index (χ0n) is 16.2. The van der Waals surface area contributed by atoms with Gasteiger partial charge in [-0.25, -0.2) is 0 Å². The van der Waals surface area contributed by atoms with Crippen LogP contribution in [-0.4, -0.2) is 0 Å². The molecule has 0 heterocycles. The highest BCUT2D eigenvalue weighted by molar-refractivity contribution is 5.18. The van der Waals surface area contributed by atoms with Crippen molar-refractivity contribution in [2.45, 2.75) is 128 Å². The second-order valence-corrected chi connectivity index (χ2v) is 9.86. The van der Waals surface area contributed by atoms with Gasteiger partial charge in [0.2, 0.25) is 0 Å². The molecule has 4 saturated carbocycles. The van der Waals surface area contributed by atoms with E-state index in [4.69, 9.17) is 0 Å². The first-order valence-corrected chi connectivity index (χ1v) is 11.7. The average Bonchev–Trinajstić information content (AvgIpc) is 2.70. The Hall–Kier alpha value is 0. The monoisotopic (exact) mass is 329 g/mol. The van der Waals surface area contributed by atoms with Crippen LogP contribution < -0.4 is 0 Å². The summed E-state index contributed by atoms with van der Waals surface area (Å²) in [5, 5.41) is 0. The maximum absolute atomic E-state index is 2.10. The number of hydrogen-bond acceptors (Lipinski definition) is 0. The van der Waals surface area contributed by atoms with Crippen molar-refractivity contribution >= 4 is 0 Å². The van der Waals surface area contributed by atoms with Gasteiger partial charge in [0, 0.05) is 0 Å². The van der Waals surface area contributed by atoms with Crippen LogP contribution >= 0.6 is 0 Å². The normalized spacial score (nSPS) is 32.5. The maximum Gasteiger partial charge on any atom is -0.0174 e. The molecule has 0 aromatic rings. The van der Waals surface area contributed by atoms with Crippen molar-refractivity contribution in [3.8, 4) is 0 Å². The standard InChI is InChI=1S/C24H41/c1-5-13-21(14-6-1)23(17-9-3-10-18-23)24(19-11-4-12-20-24)22-15-7-2-8-16-22/h21H,1-20H2. The summed E-state index contributed by atoms with van der Waals surface area (Å²) in [7, 11) is 0. The molecule has 0 nitrogen and oxygen atoms in total. The Kier molecular flexibility index (Phi) is 5.59. The van der Waals surface area contributed by atoms with Gasteiger partial charge in [0.1, 0.15) is 0 Å². The maximum atomic E-state index is 2.10. The predicted molar refractivity (Wildman–Crippen MR) is 104 cm³/mol. The highest BCUT2D eigenvalue weighted by Gasteiger charge is 2.58. The van der Waals surface area contributed by atoms with Gasteiger partial charge in [0.15, 0.2) is 0 Å². The van der Waals surface area contributed by atoms with Crippen molar-refractivity contribution in [3.05, 3.63) is 5.92 Å². The minimum atomic E-state index is 0.689. The summed E-state index contributed by atoms with van der Waals surface area (Å²) in [4.78, 5) is 0. The van der Waals surface area contributed by atoms with Crippen LogP contribution in [0.25, 0.3) is 0 Å². The molecule has 0 bridgehead atoms. The van der Waals surface area contributed by atoms with Gasteiger partial charge in [0.05, 0.1) is 0 Å². The lowest BCUT2D eigenvalue weighted by Gasteiger charge is -2.63. The minimum Gasteiger partial charge on any atom is -0.0533 e. The van der Waals surface area contributed by atoms with E-state index in [0.29, 0.717) is 5.41 Å². The third-order valence-electron chi connectivity index (χ3n) is 8.93. The minimum absolute atomic E-state index is 0.689. The topological polar surface area (TPSA) is 0 Å². The van der Waals surface area contributed by atoms with E-state index in [1.807, 2.05) is 0 Å². The zero-order chi connectivity index (χ0) is 16.3. The average molecular weight is 330 g/mol. The van der Waals surface area contributed by atoms with Gasteiger partial charge in [-0.3, -0.25) is 0 Å². The Labute approximate surface area is 151 Å². The summed E-state index contributed by atoms with van der Waals surface area (Å²) < 4.78 is 0. The van der Waals surface area contributed by atoms with Crippen LogP contribution in [0.4, 0.5) is 0 Å². The highest BCUT2D eigenvalue weighted by Crippen LogP contribution is 2.68. The fraction of sp³-hybridized carbons (Fsp3) is 0.958. The van der Waals surface area contributed by atoms with Crippen LogP contribution in [0, 0.1) is 22.7 Å². The van der Waals surface area contributed by atoms with E-state index in [1.54, 1.807) is 51.4 Å². The molecule has 0 aromatic heterocycles. The largest absolute Gasteiger partial charge is 0.0533 e.